The van der Waals surface area contributed by atoms with Gasteiger partial charge in [-0.1, -0.05) is 54.6 Å². The second-order valence-electron chi connectivity index (χ2n) is 7.47. The Bertz CT molecular complexity index is 1060. The fraction of sp³-hybridized carbons (Fsp3) is 0.185. The van der Waals surface area contributed by atoms with Crippen molar-refractivity contribution in [2.24, 2.45) is 0 Å². The van der Waals surface area contributed by atoms with Crippen LogP contribution >= 0.6 is 0 Å². The summed E-state index contributed by atoms with van der Waals surface area (Å²) in [6.45, 7) is 2.50. The zero-order valence-corrected chi connectivity index (χ0v) is 18.8. The molecule has 0 saturated heterocycles. The highest BCUT2D eigenvalue weighted by Crippen LogP contribution is 2.13. The predicted molar refractivity (Wildman–Crippen MR) is 129 cm³/mol. The molecule has 3 aromatic rings. The molecule has 170 valence electrons. The molecule has 0 aliphatic heterocycles. The Morgan fingerprint density at radius 3 is 2.21 bits per heavy atom. The summed E-state index contributed by atoms with van der Waals surface area (Å²) in [4.78, 5) is 24.5. The molecule has 0 radical (unpaired) electrons. The van der Waals surface area contributed by atoms with E-state index in [4.69, 9.17) is 9.47 Å². The first kappa shape index (κ1) is 23.6. The number of hydrogen-bond acceptors (Lipinski definition) is 4. The van der Waals surface area contributed by atoms with Crippen LogP contribution in [-0.4, -0.2) is 25.0 Å². The Morgan fingerprint density at radius 2 is 1.55 bits per heavy atom. The van der Waals surface area contributed by atoms with Crippen LogP contribution in [0.5, 0.6) is 11.5 Å². The number of para-hydroxylation sites is 1. The lowest BCUT2D eigenvalue weighted by Gasteiger charge is -2.13. The van der Waals surface area contributed by atoms with Crippen molar-refractivity contribution < 1.29 is 19.1 Å². The van der Waals surface area contributed by atoms with Crippen LogP contribution in [0, 0.1) is 0 Å². The predicted octanol–water partition coefficient (Wildman–Crippen LogP) is 4.11. The average Bonchev–Trinajstić information content (AvgIpc) is 2.86. The maximum absolute atomic E-state index is 12.3. The molecule has 3 aromatic carbocycles. The second kappa shape index (κ2) is 12.1. The molecule has 0 heterocycles. The molecule has 0 fully saturated rings. The molecule has 0 saturated carbocycles. The molecular formula is C27H28N2O4. The van der Waals surface area contributed by atoms with Crippen LogP contribution in [0.2, 0.25) is 0 Å². The van der Waals surface area contributed by atoms with E-state index in [1.54, 1.807) is 20.1 Å². The van der Waals surface area contributed by atoms with Gasteiger partial charge in [-0.25, -0.2) is 0 Å². The number of ether oxygens (including phenoxy) is 2. The molecule has 2 amide bonds. The lowest BCUT2D eigenvalue weighted by atomic mass is 10.1. The number of nitrogens with one attached hydrogen (secondary N) is 2. The monoisotopic (exact) mass is 444 g/mol. The number of carbonyl (C=O) groups excluding carboxylic acids is 2. The third kappa shape index (κ3) is 7.85. The number of hydrogen-bond donors (Lipinski definition) is 2. The van der Waals surface area contributed by atoms with Gasteiger partial charge in [0.25, 0.3) is 0 Å². The third-order valence-electron chi connectivity index (χ3n) is 4.93. The van der Waals surface area contributed by atoms with E-state index >= 15 is 0 Å². The first-order valence-electron chi connectivity index (χ1n) is 10.7. The highest BCUT2D eigenvalue weighted by Gasteiger charge is 2.13. The van der Waals surface area contributed by atoms with Crippen molar-refractivity contribution in [1.29, 1.82) is 0 Å². The van der Waals surface area contributed by atoms with Gasteiger partial charge in [0.2, 0.25) is 11.8 Å². The quantitative estimate of drug-likeness (QED) is 0.462. The largest absolute Gasteiger partial charge is 0.497 e. The highest BCUT2D eigenvalue weighted by atomic mass is 16.5. The van der Waals surface area contributed by atoms with Crippen molar-refractivity contribution in [2.75, 3.05) is 7.11 Å². The number of rotatable bonds is 10. The topological polar surface area (TPSA) is 76.7 Å². The second-order valence-corrected chi connectivity index (χ2v) is 7.47. The van der Waals surface area contributed by atoms with Gasteiger partial charge in [-0.2, -0.15) is 0 Å². The highest BCUT2D eigenvalue weighted by molar-refractivity contribution is 5.95. The molecule has 1 atom stereocenters. The molecular weight excluding hydrogens is 416 g/mol. The van der Waals surface area contributed by atoms with Crippen LogP contribution in [0.3, 0.4) is 0 Å². The Hall–Kier alpha value is -4.06. The van der Waals surface area contributed by atoms with Crippen molar-refractivity contribution >= 4 is 17.9 Å². The van der Waals surface area contributed by atoms with Crippen LogP contribution in [0.15, 0.2) is 84.9 Å². The van der Waals surface area contributed by atoms with E-state index in [1.165, 1.54) is 6.08 Å². The number of methoxy groups -OCH3 is 1. The number of amides is 2. The molecule has 1 unspecified atom stereocenters. The standard InChI is InChI=1S/C27H28N2O4/c1-20(29-26(30)17-14-21-12-15-24(32-2)16-13-21)27(31)28-18-22-8-10-23(11-9-22)19-33-25-6-4-3-5-7-25/h3-17,20H,18-19H2,1-2H3,(H,28,31)(H,29,30). The summed E-state index contributed by atoms with van der Waals surface area (Å²) in [5.74, 6) is 0.981. The summed E-state index contributed by atoms with van der Waals surface area (Å²) in [6.07, 6.45) is 3.09. The minimum atomic E-state index is -0.656. The van der Waals surface area contributed by atoms with E-state index < -0.39 is 6.04 Å². The summed E-state index contributed by atoms with van der Waals surface area (Å²) < 4.78 is 10.8. The summed E-state index contributed by atoms with van der Waals surface area (Å²) in [5.41, 5.74) is 2.86. The van der Waals surface area contributed by atoms with E-state index in [-0.39, 0.29) is 11.8 Å². The van der Waals surface area contributed by atoms with Crippen molar-refractivity contribution in [3.63, 3.8) is 0 Å². The van der Waals surface area contributed by atoms with E-state index in [9.17, 15) is 9.59 Å². The van der Waals surface area contributed by atoms with Gasteiger partial charge in [-0.05, 0) is 54.0 Å². The van der Waals surface area contributed by atoms with Crippen molar-refractivity contribution in [2.45, 2.75) is 26.1 Å². The van der Waals surface area contributed by atoms with E-state index in [0.717, 1.165) is 28.2 Å². The summed E-state index contributed by atoms with van der Waals surface area (Å²) in [7, 11) is 1.60. The van der Waals surface area contributed by atoms with Crippen LogP contribution in [0.25, 0.3) is 6.08 Å². The number of carbonyl (C=O) groups is 2. The molecule has 0 aliphatic carbocycles. The van der Waals surface area contributed by atoms with Gasteiger partial charge in [0.05, 0.1) is 7.11 Å². The van der Waals surface area contributed by atoms with Gasteiger partial charge in [0, 0.05) is 12.6 Å². The van der Waals surface area contributed by atoms with Gasteiger partial charge in [0.15, 0.2) is 0 Å². The zero-order valence-electron chi connectivity index (χ0n) is 18.8. The SMILES string of the molecule is COc1ccc(C=CC(=O)NC(C)C(=O)NCc2ccc(COc3ccccc3)cc2)cc1. The Morgan fingerprint density at radius 1 is 0.879 bits per heavy atom. The van der Waals surface area contributed by atoms with Crippen LogP contribution in [-0.2, 0) is 22.7 Å². The van der Waals surface area contributed by atoms with E-state index in [0.29, 0.717) is 13.2 Å². The van der Waals surface area contributed by atoms with Crippen molar-refractivity contribution in [3.05, 3.63) is 102 Å². The van der Waals surface area contributed by atoms with E-state index in [2.05, 4.69) is 10.6 Å². The fourth-order valence-electron chi connectivity index (χ4n) is 2.99. The van der Waals surface area contributed by atoms with Gasteiger partial charge in [-0.15, -0.1) is 0 Å². The molecule has 0 bridgehead atoms. The minimum Gasteiger partial charge on any atom is -0.497 e. The normalized spacial score (nSPS) is 11.6. The third-order valence-corrected chi connectivity index (χ3v) is 4.93. The van der Waals surface area contributed by atoms with Gasteiger partial charge in [-0.3, -0.25) is 9.59 Å². The molecule has 3 rings (SSSR count). The molecule has 0 aliphatic rings. The lowest BCUT2D eigenvalue weighted by Crippen LogP contribution is -2.44. The van der Waals surface area contributed by atoms with Gasteiger partial charge in [0.1, 0.15) is 24.1 Å². The van der Waals surface area contributed by atoms with Gasteiger partial charge < -0.3 is 20.1 Å². The maximum atomic E-state index is 12.3. The molecule has 2 N–H and O–H groups in total. The first-order valence-corrected chi connectivity index (χ1v) is 10.7. The number of benzene rings is 3. The smallest absolute Gasteiger partial charge is 0.244 e. The molecule has 0 aromatic heterocycles. The van der Waals surface area contributed by atoms with Crippen LogP contribution in [0.1, 0.15) is 23.6 Å². The van der Waals surface area contributed by atoms with Gasteiger partial charge >= 0.3 is 0 Å². The molecule has 0 spiro atoms. The average molecular weight is 445 g/mol. The Labute approximate surface area is 194 Å². The molecule has 33 heavy (non-hydrogen) atoms. The molecule has 6 heteroatoms. The lowest BCUT2D eigenvalue weighted by molar-refractivity contribution is -0.126. The summed E-state index contributed by atoms with van der Waals surface area (Å²) >= 11 is 0. The summed E-state index contributed by atoms with van der Waals surface area (Å²) in [6, 6.07) is 24.1. The van der Waals surface area contributed by atoms with Crippen LogP contribution < -0.4 is 20.1 Å². The fourth-order valence-corrected chi connectivity index (χ4v) is 2.99. The minimum absolute atomic E-state index is 0.252. The van der Waals surface area contributed by atoms with Crippen molar-refractivity contribution in [1.82, 2.24) is 10.6 Å². The Balaban J connectivity index is 1.40. The first-order chi connectivity index (χ1) is 16.0. The van der Waals surface area contributed by atoms with Crippen molar-refractivity contribution in [3.8, 4) is 11.5 Å². The molecule has 6 nitrogen and oxygen atoms in total. The van der Waals surface area contributed by atoms with E-state index in [1.807, 2.05) is 78.9 Å². The Kier molecular flexibility index (Phi) is 8.65. The summed E-state index contributed by atoms with van der Waals surface area (Å²) in [5, 5.41) is 5.52. The maximum Gasteiger partial charge on any atom is 0.244 e. The van der Waals surface area contributed by atoms with Crippen LogP contribution in [0.4, 0.5) is 0 Å². The zero-order chi connectivity index (χ0) is 23.5.